The van der Waals surface area contributed by atoms with Crippen molar-refractivity contribution in [3.63, 3.8) is 0 Å². The van der Waals surface area contributed by atoms with Crippen molar-refractivity contribution >= 4 is 17.2 Å². The number of aliphatic hydroxyl groups excluding tert-OH is 1. The Labute approximate surface area is 99.8 Å². The minimum atomic E-state index is -0.481. The quantitative estimate of drug-likeness (QED) is 0.717. The maximum atomic E-state index is 11.2. The summed E-state index contributed by atoms with van der Waals surface area (Å²) < 4.78 is 0. The van der Waals surface area contributed by atoms with Gasteiger partial charge in [0.15, 0.2) is 0 Å². The lowest BCUT2D eigenvalue weighted by atomic mass is 10.1. The highest BCUT2D eigenvalue weighted by Crippen LogP contribution is 2.18. The fraction of sp³-hybridized carbons (Fsp3) is 0.417. The third-order valence-corrected chi connectivity index (χ3v) is 2.94. The van der Waals surface area contributed by atoms with Crippen molar-refractivity contribution in [1.29, 1.82) is 0 Å². The van der Waals surface area contributed by atoms with Crippen LogP contribution < -0.4 is 5.32 Å². The molecule has 2 N–H and O–H groups in total. The van der Waals surface area contributed by atoms with E-state index in [0.717, 1.165) is 5.56 Å². The second-order valence-electron chi connectivity index (χ2n) is 3.54. The lowest BCUT2D eigenvalue weighted by Crippen LogP contribution is -2.25. The summed E-state index contributed by atoms with van der Waals surface area (Å²) in [6.45, 7) is 4.06. The van der Waals surface area contributed by atoms with E-state index in [1.807, 2.05) is 16.8 Å². The van der Waals surface area contributed by atoms with Crippen molar-refractivity contribution in [2.75, 3.05) is 6.54 Å². The first kappa shape index (κ1) is 12.9. The maximum Gasteiger partial charge on any atom is 0.220 e. The summed E-state index contributed by atoms with van der Waals surface area (Å²) in [6, 6.07) is 1.90. The average Bonchev–Trinajstić information content (AvgIpc) is 2.79. The number of amides is 1. The van der Waals surface area contributed by atoms with Crippen molar-refractivity contribution in [3.05, 3.63) is 35.0 Å². The molecule has 0 saturated carbocycles. The molecule has 1 atom stereocenters. The molecule has 0 aliphatic rings. The van der Waals surface area contributed by atoms with E-state index in [1.54, 1.807) is 17.4 Å². The topological polar surface area (TPSA) is 49.3 Å². The molecule has 0 fully saturated rings. The Morgan fingerprint density at radius 1 is 1.69 bits per heavy atom. The second kappa shape index (κ2) is 7.19. The lowest BCUT2D eigenvalue weighted by Gasteiger charge is -2.09. The molecule has 1 aromatic rings. The van der Waals surface area contributed by atoms with Gasteiger partial charge in [-0.15, -0.1) is 6.58 Å². The molecule has 4 heteroatoms. The number of hydrogen-bond acceptors (Lipinski definition) is 3. The van der Waals surface area contributed by atoms with E-state index in [-0.39, 0.29) is 5.91 Å². The first-order chi connectivity index (χ1) is 7.74. The van der Waals surface area contributed by atoms with Crippen LogP contribution >= 0.6 is 11.3 Å². The summed E-state index contributed by atoms with van der Waals surface area (Å²) in [4.78, 5) is 11.2. The molecule has 88 valence electrons. The van der Waals surface area contributed by atoms with Gasteiger partial charge >= 0.3 is 0 Å². The molecule has 16 heavy (non-hydrogen) atoms. The number of aliphatic hydroxyl groups is 1. The number of hydrogen-bond donors (Lipinski definition) is 2. The monoisotopic (exact) mass is 239 g/mol. The first-order valence-corrected chi connectivity index (χ1v) is 6.26. The molecule has 0 radical (unpaired) electrons. The van der Waals surface area contributed by atoms with Gasteiger partial charge < -0.3 is 10.4 Å². The van der Waals surface area contributed by atoms with Crippen LogP contribution in [0.25, 0.3) is 0 Å². The Balaban J connectivity index is 2.15. The Hall–Kier alpha value is -1.13. The first-order valence-electron chi connectivity index (χ1n) is 5.31. The predicted molar refractivity (Wildman–Crippen MR) is 66.3 cm³/mol. The molecule has 0 spiro atoms. The lowest BCUT2D eigenvalue weighted by molar-refractivity contribution is -0.121. The van der Waals surface area contributed by atoms with Gasteiger partial charge in [0.1, 0.15) is 0 Å². The van der Waals surface area contributed by atoms with Gasteiger partial charge in [-0.05, 0) is 35.2 Å². The van der Waals surface area contributed by atoms with E-state index in [9.17, 15) is 9.90 Å². The summed E-state index contributed by atoms with van der Waals surface area (Å²) in [5, 5.41) is 16.4. The molecule has 1 rings (SSSR count). The molecule has 1 unspecified atom stereocenters. The Kier molecular flexibility index (Phi) is 5.82. The highest BCUT2D eigenvalue weighted by atomic mass is 32.1. The van der Waals surface area contributed by atoms with Gasteiger partial charge in [0.25, 0.3) is 0 Å². The van der Waals surface area contributed by atoms with E-state index in [4.69, 9.17) is 0 Å². The minimum Gasteiger partial charge on any atom is -0.388 e. The highest BCUT2D eigenvalue weighted by molar-refractivity contribution is 7.07. The van der Waals surface area contributed by atoms with Crippen LogP contribution in [0.2, 0.25) is 0 Å². The van der Waals surface area contributed by atoms with Crippen molar-refractivity contribution < 1.29 is 9.90 Å². The molecule has 0 aliphatic heterocycles. The van der Waals surface area contributed by atoms with E-state index in [1.165, 1.54) is 0 Å². The molecular formula is C12H17NO2S. The Morgan fingerprint density at radius 3 is 3.12 bits per heavy atom. The molecule has 3 nitrogen and oxygen atoms in total. The van der Waals surface area contributed by atoms with E-state index < -0.39 is 6.10 Å². The van der Waals surface area contributed by atoms with Crippen LogP contribution in [0.4, 0.5) is 0 Å². The van der Waals surface area contributed by atoms with Crippen molar-refractivity contribution in [2.45, 2.75) is 25.4 Å². The summed E-state index contributed by atoms with van der Waals surface area (Å²) in [6.07, 6.45) is 2.96. The van der Waals surface area contributed by atoms with Crippen LogP contribution in [0.15, 0.2) is 29.5 Å². The summed E-state index contributed by atoms with van der Waals surface area (Å²) in [5.74, 6) is 0.0115. The smallest absolute Gasteiger partial charge is 0.220 e. The second-order valence-corrected chi connectivity index (χ2v) is 4.32. The van der Waals surface area contributed by atoms with Gasteiger partial charge in [-0.2, -0.15) is 11.3 Å². The van der Waals surface area contributed by atoms with Crippen LogP contribution in [-0.2, 0) is 4.79 Å². The molecule has 0 aliphatic carbocycles. The molecule has 1 amide bonds. The maximum absolute atomic E-state index is 11.2. The SMILES string of the molecule is C=CCCC(=O)NCCC(O)c1ccsc1. The van der Waals surface area contributed by atoms with Gasteiger partial charge in [-0.3, -0.25) is 4.79 Å². The van der Waals surface area contributed by atoms with Crippen molar-refractivity contribution in [3.8, 4) is 0 Å². The third kappa shape index (κ3) is 4.59. The Morgan fingerprint density at radius 2 is 2.50 bits per heavy atom. The van der Waals surface area contributed by atoms with Crippen molar-refractivity contribution in [2.24, 2.45) is 0 Å². The summed E-state index contributed by atoms with van der Waals surface area (Å²) in [5.41, 5.74) is 0.922. The Bertz CT molecular complexity index is 322. The minimum absolute atomic E-state index is 0.0115. The van der Waals surface area contributed by atoms with E-state index >= 15 is 0 Å². The number of thiophene rings is 1. The van der Waals surface area contributed by atoms with Crippen LogP contribution in [-0.4, -0.2) is 17.6 Å². The summed E-state index contributed by atoms with van der Waals surface area (Å²) in [7, 11) is 0. The third-order valence-electron chi connectivity index (χ3n) is 2.24. The van der Waals surface area contributed by atoms with Crippen LogP contribution in [0.1, 0.15) is 30.9 Å². The zero-order chi connectivity index (χ0) is 11.8. The fourth-order valence-electron chi connectivity index (χ4n) is 1.30. The standard InChI is InChI=1S/C12H17NO2S/c1-2-3-4-12(15)13-7-5-11(14)10-6-8-16-9-10/h2,6,8-9,11,14H,1,3-5,7H2,(H,13,15). The van der Waals surface area contributed by atoms with Crippen LogP contribution in [0.5, 0.6) is 0 Å². The highest BCUT2D eigenvalue weighted by Gasteiger charge is 2.07. The normalized spacial score (nSPS) is 12.1. The molecule has 0 bridgehead atoms. The molecule has 0 saturated heterocycles. The van der Waals surface area contributed by atoms with E-state index in [0.29, 0.717) is 25.8 Å². The molecule has 1 aromatic heterocycles. The number of carbonyl (C=O) groups is 1. The summed E-state index contributed by atoms with van der Waals surface area (Å²) >= 11 is 1.56. The molecule has 0 aromatic carbocycles. The zero-order valence-electron chi connectivity index (χ0n) is 9.19. The van der Waals surface area contributed by atoms with Gasteiger partial charge in [0.05, 0.1) is 6.10 Å². The van der Waals surface area contributed by atoms with Crippen LogP contribution in [0.3, 0.4) is 0 Å². The van der Waals surface area contributed by atoms with Gasteiger partial charge in [0.2, 0.25) is 5.91 Å². The number of carbonyl (C=O) groups excluding carboxylic acids is 1. The van der Waals surface area contributed by atoms with Crippen LogP contribution in [0, 0.1) is 0 Å². The largest absolute Gasteiger partial charge is 0.388 e. The van der Waals surface area contributed by atoms with Gasteiger partial charge in [0, 0.05) is 13.0 Å². The van der Waals surface area contributed by atoms with Gasteiger partial charge in [-0.1, -0.05) is 6.08 Å². The number of rotatable bonds is 7. The number of nitrogens with one attached hydrogen (secondary N) is 1. The molecule has 1 heterocycles. The molecular weight excluding hydrogens is 222 g/mol. The predicted octanol–water partition coefficient (Wildman–Crippen LogP) is 2.25. The number of allylic oxidation sites excluding steroid dienone is 1. The van der Waals surface area contributed by atoms with Gasteiger partial charge in [-0.25, -0.2) is 0 Å². The van der Waals surface area contributed by atoms with E-state index in [2.05, 4.69) is 11.9 Å². The average molecular weight is 239 g/mol. The zero-order valence-corrected chi connectivity index (χ0v) is 10.0. The fourth-order valence-corrected chi connectivity index (χ4v) is 2.01. The van der Waals surface area contributed by atoms with Crippen molar-refractivity contribution in [1.82, 2.24) is 5.32 Å².